The molecule has 0 aliphatic carbocycles. The van der Waals surface area contributed by atoms with Crippen LogP contribution in [0.15, 0.2) is 64.2 Å². The largest absolute Gasteiger partial charge is 0.411 e. The van der Waals surface area contributed by atoms with Gasteiger partial charge in [-0.05, 0) is 50.1 Å². The molecule has 0 radical (unpaired) electrons. The summed E-state index contributed by atoms with van der Waals surface area (Å²) in [4.78, 5) is 17.1. The molecule has 2 aromatic carbocycles. The number of likely N-dealkylation sites (tertiary alicyclic amines) is 1. The maximum absolute atomic E-state index is 12.4. The van der Waals surface area contributed by atoms with Crippen LogP contribution in [0.3, 0.4) is 0 Å². The summed E-state index contributed by atoms with van der Waals surface area (Å²) < 4.78 is 5.77. The average molecular weight is 466 g/mol. The SMILES string of the molecule is CCN(CC)c1ccc(-c2nnc(SCC(=O)NC3CCN(Cc4ccccc4)C3)o2)cc1. The number of anilines is 1. The fourth-order valence-electron chi connectivity index (χ4n) is 4.12. The molecular weight excluding hydrogens is 434 g/mol. The first-order chi connectivity index (χ1) is 16.1. The van der Waals surface area contributed by atoms with Crippen molar-refractivity contribution in [1.29, 1.82) is 0 Å². The number of nitrogens with zero attached hydrogens (tertiary/aromatic N) is 4. The van der Waals surface area contributed by atoms with Gasteiger partial charge in [-0.15, -0.1) is 10.2 Å². The molecule has 174 valence electrons. The monoisotopic (exact) mass is 465 g/mol. The third kappa shape index (κ3) is 6.36. The van der Waals surface area contributed by atoms with Crippen LogP contribution in [0, 0.1) is 0 Å². The highest BCUT2D eigenvalue weighted by Gasteiger charge is 2.24. The van der Waals surface area contributed by atoms with Crippen molar-refractivity contribution in [3.8, 4) is 11.5 Å². The third-order valence-corrected chi connectivity index (χ3v) is 6.68. The number of hydrogen-bond acceptors (Lipinski definition) is 7. The van der Waals surface area contributed by atoms with Crippen molar-refractivity contribution < 1.29 is 9.21 Å². The molecule has 1 amide bonds. The van der Waals surface area contributed by atoms with Gasteiger partial charge in [0, 0.05) is 50.0 Å². The number of hydrogen-bond donors (Lipinski definition) is 1. The Morgan fingerprint density at radius 3 is 2.61 bits per heavy atom. The van der Waals surface area contributed by atoms with Crippen LogP contribution in [0.4, 0.5) is 5.69 Å². The quantitative estimate of drug-likeness (QED) is 0.453. The molecule has 0 bridgehead atoms. The van der Waals surface area contributed by atoms with E-state index in [1.54, 1.807) is 0 Å². The Morgan fingerprint density at radius 2 is 1.88 bits per heavy atom. The molecule has 1 saturated heterocycles. The summed E-state index contributed by atoms with van der Waals surface area (Å²) in [6.07, 6.45) is 0.970. The molecule has 1 aliphatic heterocycles. The summed E-state index contributed by atoms with van der Waals surface area (Å²) in [6.45, 7) is 9.00. The van der Waals surface area contributed by atoms with Gasteiger partial charge in [-0.2, -0.15) is 0 Å². The zero-order valence-electron chi connectivity index (χ0n) is 19.2. The summed E-state index contributed by atoms with van der Waals surface area (Å²) in [7, 11) is 0. The van der Waals surface area contributed by atoms with Crippen LogP contribution in [0.5, 0.6) is 0 Å². The topological polar surface area (TPSA) is 74.5 Å². The van der Waals surface area contributed by atoms with E-state index in [1.165, 1.54) is 23.0 Å². The average Bonchev–Trinajstić information content (AvgIpc) is 3.49. The molecule has 1 unspecified atom stereocenters. The first-order valence-electron chi connectivity index (χ1n) is 11.5. The Balaban J connectivity index is 1.23. The number of rotatable bonds is 10. The van der Waals surface area contributed by atoms with Gasteiger partial charge < -0.3 is 14.6 Å². The molecule has 8 heteroatoms. The fourth-order valence-corrected chi connectivity index (χ4v) is 4.69. The van der Waals surface area contributed by atoms with Gasteiger partial charge in [-0.25, -0.2) is 0 Å². The maximum Gasteiger partial charge on any atom is 0.277 e. The van der Waals surface area contributed by atoms with E-state index < -0.39 is 0 Å². The zero-order valence-corrected chi connectivity index (χ0v) is 20.1. The van der Waals surface area contributed by atoms with Crippen LogP contribution in [0.1, 0.15) is 25.8 Å². The molecule has 3 aromatic rings. The number of carbonyl (C=O) groups excluding carboxylic acids is 1. The molecule has 2 heterocycles. The van der Waals surface area contributed by atoms with E-state index in [1.807, 2.05) is 18.2 Å². The smallest absolute Gasteiger partial charge is 0.277 e. The van der Waals surface area contributed by atoms with Crippen LogP contribution >= 0.6 is 11.8 Å². The van der Waals surface area contributed by atoms with E-state index in [2.05, 4.69) is 75.6 Å². The highest BCUT2D eigenvalue weighted by molar-refractivity contribution is 7.99. The second kappa shape index (κ2) is 11.3. The molecule has 33 heavy (non-hydrogen) atoms. The third-order valence-electron chi connectivity index (χ3n) is 5.86. The van der Waals surface area contributed by atoms with Crippen LogP contribution < -0.4 is 10.2 Å². The van der Waals surface area contributed by atoms with E-state index in [-0.39, 0.29) is 17.7 Å². The number of thioether (sulfide) groups is 1. The van der Waals surface area contributed by atoms with Crippen LogP contribution in [0.25, 0.3) is 11.5 Å². The van der Waals surface area contributed by atoms with E-state index in [4.69, 9.17) is 4.42 Å². The first kappa shape index (κ1) is 23.3. The molecule has 1 aliphatic rings. The highest BCUT2D eigenvalue weighted by Crippen LogP contribution is 2.25. The van der Waals surface area contributed by atoms with Crippen LogP contribution in [0.2, 0.25) is 0 Å². The minimum Gasteiger partial charge on any atom is -0.411 e. The van der Waals surface area contributed by atoms with Gasteiger partial charge in [-0.1, -0.05) is 42.1 Å². The lowest BCUT2D eigenvalue weighted by atomic mass is 10.2. The van der Waals surface area contributed by atoms with Crippen molar-refractivity contribution in [2.45, 2.75) is 38.1 Å². The van der Waals surface area contributed by atoms with E-state index in [0.717, 1.165) is 44.7 Å². The van der Waals surface area contributed by atoms with E-state index in [0.29, 0.717) is 11.1 Å². The Bertz CT molecular complexity index is 1020. The summed E-state index contributed by atoms with van der Waals surface area (Å²) >= 11 is 1.27. The molecule has 7 nitrogen and oxygen atoms in total. The second-order valence-corrected chi connectivity index (χ2v) is 9.08. The maximum atomic E-state index is 12.4. The van der Waals surface area contributed by atoms with Crippen molar-refractivity contribution in [2.75, 3.05) is 36.8 Å². The van der Waals surface area contributed by atoms with Crippen molar-refractivity contribution in [1.82, 2.24) is 20.4 Å². The minimum absolute atomic E-state index is 0.00473. The molecular formula is C25H31N5O2S. The number of amides is 1. The van der Waals surface area contributed by atoms with Crippen LogP contribution in [-0.2, 0) is 11.3 Å². The van der Waals surface area contributed by atoms with Crippen molar-refractivity contribution >= 4 is 23.4 Å². The molecule has 0 spiro atoms. The lowest BCUT2D eigenvalue weighted by molar-refractivity contribution is -0.119. The van der Waals surface area contributed by atoms with E-state index in [9.17, 15) is 4.79 Å². The lowest BCUT2D eigenvalue weighted by Crippen LogP contribution is -2.37. The highest BCUT2D eigenvalue weighted by atomic mass is 32.2. The molecule has 0 saturated carbocycles. The lowest BCUT2D eigenvalue weighted by Gasteiger charge is -2.20. The summed E-state index contributed by atoms with van der Waals surface area (Å²) in [5, 5.41) is 11.8. The predicted molar refractivity (Wildman–Crippen MR) is 132 cm³/mol. The van der Waals surface area contributed by atoms with Gasteiger partial charge in [0.05, 0.1) is 5.75 Å². The zero-order chi connectivity index (χ0) is 23.0. The van der Waals surface area contributed by atoms with Crippen molar-refractivity contribution in [3.63, 3.8) is 0 Å². The number of benzene rings is 2. The van der Waals surface area contributed by atoms with Crippen LogP contribution in [-0.4, -0.2) is 59.0 Å². The Kier molecular flexibility index (Phi) is 8.01. The van der Waals surface area contributed by atoms with Gasteiger partial charge in [-0.3, -0.25) is 9.69 Å². The van der Waals surface area contributed by atoms with Gasteiger partial charge in [0.2, 0.25) is 11.8 Å². The standard InChI is InChI=1S/C25H31N5O2S/c1-3-30(4-2)22-12-10-20(11-13-22)24-27-28-25(32-24)33-18-23(31)26-21-14-15-29(17-21)16-19-8-6-5-7-9-19/h5-13,21H,3-4,14-18H2,1-2H3,(H,26,31). The van der Waals surface area contributed by atoms with E-state index >= 15 is 0 Å². The summed E-state index contributed by atoms with van der Waals surface area (Å²) in [5.41, 5.74) is 3.35. The summed E-state index contributed by atoms with van der Waals surface area (Å²) in [5.74, 6) is 0.726. The minimum atomic E-state index is -0.00473. The second-order valence-electron chi connectivity index (χ2n) is 8.15. The molecule has 1 N–H and O–H groups in total. The fraction of sp³-hybridized carbons (Fsp3) is 0.400. The summed E-state index contributed by atoms with van der Waals surface area (Å²) in [6, 6.07) is 18.7. The number of aromatic nitrogens is 2. The molecule has 1 atom stereocenters. The first-order valence-corrected chi connectivity index (χ1v) is 12.5. The molecule has 1 fully saturated rings. The number of nitrogens with one attached hydrogen (secondary N) is 1. The van der Waals surface area contributed by atoms with Gasteiger partial charge in [0.1, 0.15) is 0 Å². The Labute approximate surface area is 199 Å². The Morgan fingerprint density at radius 1 is 1.12 bits per heavy atom. The van der Waals surface area contributed by atoms with Gasteiger partial charge in [0.15, 0.2) is 0 Å². The number of carbonyl (C=O) groups is 1. The molecule has 1 aromatic heterocycles. The molecule has 4 rings (SSSR count). The Hall–Kier alpha value is -2.84. The van der Waals surface area contributed by atoms with Crippen molar-refractivity contribution in [2.24, 2.45) is 0 Å². The predicted octanol–water partition coefficient (Wildman–Crippen LogP) is 4.07. The van der Waals surface area contributed by atoms with Gasteiger partial charge in [0.25, 0.3) is 5.22 Å². The van der Waals surface area contributed by atoms with Gasteiger partial charge >= 0.3 is 0 Å². The van der Waals surface area contributed by atoms with Crippen molar-refractivity contribution in [3.05, 3.63) is 60.2 Å². The normalized spacial score (nSPS) is 16.1.